The molecule has 3 fully saturated rings. The number of hydrogen-bond acceptors (Lipinski definition) is 6. The summed E-state index contributed by atoms with van der Waals surface area (Å²) in [5.74, 6) is -2.60. The summed E-state index contributed by atoms with van der Waals surface area (Å²) in [6, 6.07) is -1.48. The number of nitrogens with zero attached hydrogens (tertiary/aromatic N) is 2. The van der Waals surface area contributed by atoms with Crippen LogP contribution in [0.3, 0.4) is 0 Å². The van der Waals surface area contributed by atoms with Gasteiger partial charge >= 0.3 is 5.97 Å². The van der Waals surface area contributed by atoms with Gasteiger partial charge in [0, 0.05) is 13.1 Å². The number of likely N-dealkylation sites (tertiary alicyclic amines) is 1. The molecule has 3 aliphatic heterocycles. The summed E-state index contributed by atoms with van der Waals surface area (Å²) in [7, 11) is 0. The van der Waals surface area contributed by atoms with Gasteiger partial charge in [0.1, 0.15) is 17.6 Å². The van der Waals surface area contributed by atoms with Gasteiger partial charge in [-0.25, -0.2) is 0 Å². The molecule has 3 heterocycles. The number of carbonyl (C=O) groups excluding carboxylic acids is 3. The number of unbranched alkanes of at least 4 members (excludes halogenated alkanes) is 2. The second-order valence-corrected chi connectivity index (χ2v) is 10.0. The summed E-state index contributed by atoms with van der Waals surface area (Å²) >= 11 is 0. The first-order valence-corrected chi connectivity index (χ1v) is 12.3. The van der Waals surface area contributed by atoms with Gasteiger partial charge < -0.3 is 24.4 Å². The van der Waals surface area contributed by atoms with Crippen LogP contribution in [-0.2, 0) is 23.9 Å². The molecule has 33 heavy (non-hydrogen) atoms. The molecule has 2 bridgehead atoms. The summed E-state index contributed by atoms with van der Waals surface area (Å²) in [6.07, 6.45) is 5.05. The molecule has 186 valence electrons. The van der Waals surface area contributed by atoms with Gasteiger partial charge in [-0.3, -0.25) is 14.4 Å². The molecule has 0 aromatic rings. The predicted molar refractivity (Wildman–Crippen MR) is 123 cm³/mol. The number of rotatable bonds is 11. The molecular formula is C25H40N2O6. The van der Waals surface area contributed by atoms with Crippen molar-refractivity contribution in [2.24, 2.45) is 17.8 Å². The van der Waals surface area contributed by atoms with Crippen molar-refractivity contribution in [3.63, 3.8) is 0 Å². The van der Waals surface area contributed by atoms with E-state index in [1.165, 1.54) is 4.90 Å². The molecular weight excluding hydrogens is 424 g/mol. The predicted octanol–water partition coefficient (Wildman–Crippen LogP) is 2.15. The van der Waals surface area contributed by atoms with Crippen molar-refractivity contribution in [2.75, 3.05) is 26.3 Å². The quantitative estimate of drug-likeness (QED) is 0.286. The van der Waals surface area contributed by atoms with Crippen molar-refractivity contribution in [2.45, 2.75) is 83.6 Å². The summed E-state index contributed by atoms with van der Waals surface area (Å²) in [4.78, 5) is 44.2. The first-order valence-electron chi connectivity index (χ1n) is 12.3. The maximum Gasteiger partial charge on any atom is 0.312 e. The van der Waals surface area contributed by atoms with Gasteiger partial charge in [-0.1, -0.05) is 32.8 Å². The normalized spacial score (nSPS) is 35.5. The number of amides is 2. The van der Waals surface area contributed by atoms with Gasteiger partial charge in [0.15, 0.2) is 0 Å². The van der Waals surface area contributed by atoms with Crippen LogP contribution in [0.15, 0.2) is 12.7 Å². The minimum atomic E-state index is -1.12. The van der Waals surface area contributed by atoms with E-state index in [-0.39, 0.29) is 30.9 Å². The fourth-order valence-electron chi connectivity index (χ4n) is 6.28. The standard InChI is InChI=1S/C25H40N2O6/c1-7-10-11-13-26(12-8-2)22(30)20-25-14-16(4)24(6,33-25)19(23(31)32-9-3)18(25)21(29)27(20)17(5)15-28/h8,16-20,28H,2,7,9-15H2,1,3-6H3/t16?,17-,18+,19+,20?,24-,25?/m1/s1. The van der Waals surface area contributed by atoms with Gasteiger partial charge in [0.2, 0.25) is 11.8 Å². The molecule has 0 aliphatic carbocycles. The zero-order valence-corrected chi connectivity index (χ0v) is 20.7. The average Bonchev–Trinajstić information content (AvgIpc) is 3.29. The van der Waals surface area contributed by atoms with E-state index in [1.807, 2.05) is 13.8 Å². The molecule has 8 nitrogen and oxygen atoms in total. The molecule has 0 saturated carbocycles. The molecule has 8 heteroatoms. The van der Waals surface area contributed by atoms with Crippen molar-refractivity contribution in [3.8, 4) is 0 Å². The van der Waals surface area contributed by atoms with Crippen LogP contribution in [0.5, 0.6) is 0 Å². The summed E-state index contributed by atoms with van der Waals surface area (Å²) in [5, 5.41) is 9.95. The third-order valence-electron chi connectivity index (χ3n) is 7.96. The van der Waals surface area contributed by atoms with Crippen LogP contribution in [0, 0.1) is 17.8 Å². The van der Waals surface area contributed by atoms with E-state index in [9.17, 15) is 19.5 Å². The zero-order valence-electron chi connectivity index (χ0n) is 20.7. The van der Waals surface area contributed by atoms with Crippen LogP contribution >= 0.6 is 0 Å². The molecule has 3 aliphatic rings. The van der Waals surface area contributed by atoms with Crippen molar-refractivity contribution >= 4 is 17.8 Å². The van der Waals surface area contributed by atoms with Gasteiger partial charge in [0.05, 0.1) is 30.8 Å². The van der Waals surface area contributed by atoms with Gasteiger partial charge in [-0.15, -0.1) is 6.58 Å². The highest BCUT2D eigenvalue weighted by atomic mass is 16.6. The number of carbonyl (C=O) groups is 3. The Hall–Kier alpha value is -1.93. The van der Waals surface area contributed by atoms with E-state index in [4.69, 9.17) is 9.47 Å². The Bertz CT molecular complexity index is 787. The van der Waals surface area contributed by atoms with Crippen LogP contribution in [-0.4, -0.2) is 82.3 Å². The highest BCUT2D eigenvalue weighted by Gasteiger charge is 2.80. The molecule has 3 saturated heterocycles. The van der Waals surface area contributed by atoms with E-state index < -0.39 is 41.1 Å². The van der Waals surface area contributed by atoms with Gasteiger partial charge in [-0.2, -0.15) is 0 Å². The third kappa shape index (κ3) is 3.89. The lowest BCUT2D eigenvalue weighted by molar-refractivity contribution is -0.163. The first kappa shape index (κ1) is 25.7. The van der Waals surface area contributed by atoms with Crippen LogP contribution in [0.2, 0.25) is 0 Å². The summed E-state index contributed by atoms with van der Waals surface area (Å²) in [5.41, 5.74) is -2.00. The topological polar surface area (TPSA) is 96.4 Å². The zero-order chi connectivity index (χ0) is 24.6. The summed E-state index contributed by atoms with van der Waals surface area (Å²) in [6.45, 7) is 14.1. The molecule has 0 aromatic heterocycles. The van der Waals surface area contributed by atoms with Gasteiger partial charge in [-0.05, 0) is 39.5 Å². The average molecular weight is 465 g/mol. The monoisotopic (exact) mass is 464 g/mol. The SMILES string of the molecule is C=CCN(CCCCC)C(=O)C1N([C@H](C)CO)C(=O)[C@@H]2[C@@H](C(=O)OCC)[C@]3(C)OC12CC3C. The van der Waals surface area contributed by atoms with Crippen LogP contribution in [0.4, 0.5) is 0 Å². The van der Waals surface area contributed by atoms with Crippen molar-refractivity contribution in [1.29, 1.82) is 0 Å². The maximum absolute atomic E-state index is 14.1. The van der Waals surface area contributed by atoms with Crippen LogP contribution < -0.4 is 0 Å². The molecule has 7 atom stereocenters. The Morgan fingerprint density at radius 2 is 2.09 bits per heavy atom. The minimum absolute atomic E-state index is 0.0383. The second kappa shape index (κ2) is 9.74. The Morgan fingerprint density at radius 3 is 2.67 bits per heavy atom. The van der Waals surface area contributed by atoms with E-state index in [0.717, 1.165) is 19.3 Å². The Kier molecular flexibility index (Phi) is 7.58. The van der Waals surface area contributed by atoms with Crippen LogP contribution in [0.25, 0.3) is 0 Å². The van der Waals surface area contributed by atoms with E-state index in [2.05, 4.69) is 13.5 Å². The second-order valence-electron chi connectivity index (χ2n) is 10.0. The van der Waals surface area contributed by atoms with Crippen LogP contribution in [0.1, 0.15) is 60.3 Å². The number of ether oxygens (including phenoxy) is 2. The first-order chi connectivity index (χ1) is 15.6. The number of hydrogen-bond donors (Lipinski definition) is 1. The minimum Gasteiger partial charge on any atom is -0.466 e. The lowest BCUT2D eigenvalue weighted by Crippen LogP contribution is -2.58. The Balaban J connectivity index is 2.08. The molecule has 2 amide bonds. The fourth-order valence-corrected chi connectivity index (χ4v) is 6.28. The lowest BCUT2D eigenvalue weighted by atomic mass is 9.62. The lowest BCUT2D eigenvalue weighted by Gasteiger charge is -2.38. The molecule has 3 unspecified atom stereocenters. The fraction of sp³-hybridized carbons (Fsp3) is 0.800. The Morgan fingerprint density at radius 1 is 1.39 bits per heavy atom. The van der Waals surface area contributed by atoms with E-state index in [0.29, 0.717) is 19.5 Å². The molecule has 0 radical (unpaired) electrons. The number of fused-ring (bicyclic) bond motifs is 1. The molecule has 1 spiro atoms. The highest BCUT2D eigenvalue weighted by molar-refractivity contribution is 5.98. The molecule has 1 N–H and O–H groups in total. The number of esters is 1. The summed E-state index contributed by atoms with van der Waals surface area (Å²) < 4.78 is 12.0. The Labute approximate surface area is 197 Å². The number of aliphatic hydroxyl groups is 1. The van der Waals surface area contributed by atoms with E-state index >= 15 is 0 Å². The third-order valence-corrected chi connectivity index (χ3v) is 7.96. The molecule has 3 rings (SSSR count). The van der Waals surface area contributed by atoms with Crippen molar-refractivity contribution in [3.05, 3.63) is 12.7 Å². The highest BCUT2D eigenvalue weighted by Crippen LogP contribution is 2.65. The van der Waals surface area contributed by atoms with E-state index in [1.54, 1.807) is 24.8 Å². The maximum atomic E-state index is 14.1. The van der Waals surface area contributed by atoms with Crippen molar-refractivity contribution in [1.82, 2.24) is 9.80 Å². The van der Waals surface area contributed by atoms with Gasteiger partial charge in [0.25, 0.3) is 0 Å². The largest absolute Gasteiger partial charge is 0.466 e. The number of aliphatic hydroxyl groups excluding tert-OH is 1. The smallest absolute Gasteiger partial charge is 0.312 e. The van der Waals surface area contributed by atoms with Crippen molar-refractivity contribution < 1.29 is 29.0 Å². The molecule has 0 aromatic carbocycles.